The van der Waals surface area contributed by atoms with Gasteiger partial charge in [0.1, 0.15) is 11.5 Å². The third-order valence-electron chi connectivity index (χ3n) is 3.72. The molecule has 1 saturated heterocycles. The van der Waals surface area contributed by atoms with Gasteiger partial charge >= 0.3 is 0 Å². The van der Waals surface area contributed by atoms with E-state index in [2.05, 4.69) is 5.32 Å². The first-order chi connectivity index (χ1) is 11.1. The summed E-state index contributed by atoms with van der Waals surface area (Å²) in [6.07, 6.45) is 0. The molecule has 1 heterocycles. The number of rotatable bonds is 5. The predicted octanol–water partition coefficient (Wildman–Crippen LogP) is 2.21. The van der Waals surface area contributed by atoms with Gasteiger partial charge in [-0.1, -0.05) is 30.3 Å². The summed E-state index contributed by atoms with van der Waals surface area (Å²) in [6.45, 7) is 2.50. The summed E-state index contributed by atoms with van der Waals surface area (Å²) in [7, 11) is -3.26. The third-order valence-corrected chi connectivity index (χ3v) is 5.57. The van der Waals surface area contributed by atoms with Crippen LogP contribution in [0.15, 0.2) is 54.6 Å². The van der Waals surface area contributed by atoms with Gasteiger partial charge in [-0.25, -0.2) is 8.42 Å². The minimum absolute atomic E-state index is 0.0264. The van der Waals surface area contributed by atoms with Gasteiger partial charge in [0.2, 0.25) is 10.0 Å². The van der Waals surface area contributed by atoms with Crippen molar-refractivity contribution in [3.8, 4) is 11.5 Å². The summed E-state index contributed by atoms with van der Waals surface area (Å²) in [5, 5.41) is 3.16. The number of para-hydroxylation sites is 1. The topological polar surface area (TPSA) is 58.6 Å². The number of sulfonamides is 1. The van der Waals surface area contributed by atoms with E-state index in [4.69, 9.17) is 4.74 Å². The summed E-state index contributed by atoms with van der Waals surface area (Å²) in [5.74, 6) is 1.48. The van der Waals surface area contributed by atoms with Crippen LogP contribution in [0, 0.1) is 0 Å². The second kappa shape index (κ2) is 7.12. The lowest BCUT2D eigenvalue weighted by atomic mass is 10.2. The van der Waals surface area contributed by atoms with Crippen LogP contribution in [0.5, 0.6) is 11.5 Å². The van der Waals surface area contributed by atoms with Crippen LogP contribution in [0.25, 0.3) is 0 Å². The molecule has 0 amide bonds. The highest BCUT2D eigenvalue weighted by Crippen LogP contribution is 2.22. The van der Waals surface area contributed by atoms with E-state index in [-0.39, 0.29) is 5.75 Å². The van der Waals surface area contributed by atoms with Crippen LogP contribution in [-0.2, 0) is 15.8 Å². The van der Waals surface area contributed by atoms with E-state index in [1.54, 1.807) is 28.6 Å². The van der Waals surface area contributed by atoms with Gasteiger partial charge < -0.3 is 10.1 Å². The highest BCUT2D eigenvalue weighted by atomic mass is 32.2. The molecule has 5 nitrogen and oxygen atoms in total. The van der Waals surface area contributed by atoms with Gasteiger partial charge in [0.15, 0.2) is 0 Å². The number of hydrogen-bond acceptors (Lipinski definition) is 4. The standard InChI is InChI=1S/C17H20N2O3S/c20-23(21,19-12-10-18-11-13-19)14-15-6-8-17(9-7-15)22-16-4-2-1-3-5-16/h1-9,18H,10-14H2. The summed E-state index contributed by atoms with van der Waals surface area (Å²) in [6, 6.07) is 16.7. The van der Waals surface area contributed by atoms with Crippen LogP contribution < -0.4 is 10.1 Å². The van der Waals surface area contributed by atoms with Crippen LogP contribution >= 0.6 is 0 Å². The lowest BCUT2D eigenvalue weighted by molar-refractivity contribution is 0.360. The summed E-state index contributed by atoms with van der Waals surface area (Å²) < 4.78 is 32.1. The van der Waals surface area contributed by atoms with E-state index in [1.165, 1.54) is 0 Å². The Bertz CT molecular complexity index is 724. The minimum atomic E-state index is -3.26. The first-order valence-electron chi connectivity index (χ1n) is 7.64. The fraction of sp³-hybridized carbons (Fsp3) is 0.294. The Morgan fingerprint density at radius 3 is 2.17 bits per heavy atom. The van der Waals surface area contributed by atoms with Gasteiger partial charge in [-0.3, -0.25) is 0 Å². The average molecular weight is 332 g/mol. The van der Waals surface area contributed by atoms with Crippen molar-refractivity contribution in [2.24, 2.45) is 0 Å². The third kappa shape index (κ3) is 4.31. The van der Waals surface area contributed by atoms with Crippen LogP contribution in [0.3, 0.4) is 0 Å². The molecule has 0 saturated carbocycles. The van der Waals surface area contributed by atoms with E-state index >= 15 is 0 Å². The Labute approximate surface area is 136 Å². The van der Waals surface area contributed by atoms with Gasteiger partial charge in [0.05, 0.1) is 5.75 Å². The lowest BCUT2D eigenvalue weighted by Crippen LogP contribution is -2.46. The van der Waals surface area contributed by atoms with Crippen molar-refractivity contribution >= 4 is 10.0 Å². The van der Waals surface area contributed by atoms with Crippen LogP contribution in [-0.4, -0.2) is 38.9 Å². The Hall–Kier alpha value is -1.89. The Balaban J connectivity index is 1.65. The van der Waals surface area contributed by atoms with Crippen LogP contribution in [0.1, 0.15) is 5.56 Å². The van der Waals surface area contributed by atoms with Crippen molar-refractivity contribution in [3.05, 3.63) is 60.2 Å². The number of nitrogens with one attached hydrogen (secondary N) is 1. The van der Waals surface area contributed by atoms with Crippen LogP contribution in [0.4, 0.5) is 0 Å². The molecule has 0 spiro atoms. The molecule has 1 aliphatic rings. The molecule has 6 heteroatoms. The van der Waals surface area contributed by atoms with Crippen LogP contribution in [0.2, 0.25) is 0 Å². The first kappa shape index (κ1) is 16.0. The zero-order valence-electron chi connectivity index (χ0n) is 12.8. The smallest absolute Gasteiger partial charge is 0.218 e. The zero-order chi connectivity index (χ0) is 16.1. The molecule has 1 aliphatic heterocycles. The van der Waals surface area contributed by atoms with Gasteiger partial charge in [0.25, 0.3) is 0 Å². The summed E-state index contributed by atoms with van der Waals surface area (Å²) in [5.41, 5.74) is 0.768. The fourth-order valence-corrected chi connectivity index (χ4v) is 4.04. The molecular formula is C17H20N2O3S. The monoisotopic (exact) mass is 332 g/mol. The normalized spacial score (nSPS) is 16.2. The molecule has 122 valence electrons. The largest absolute Gasteiger partial charge is 0.457 e. The molecule has 3 rings (SSSR count). The maximum atomic E-state index is 12.4. The Kier molecular flexibility index (Phi) is 4.95. The fourth-order valence-electron chi connectivity index (χ4n) is 2.50. The highest BCUT2D eigenvalue weighted by Gasteiger charge is 2.23. The lowest BCUT2D eigenvalue weighted by Gasteiger charge is -2.26. The second-order valence-corrected chi connectivity index (χ2v) is 7.43. The molecule has 0 radical (unpaired) electrons. The number of hydrogen-bond donors (Lipinski definition) is 1. The number of benzene rings is 2. The maximum Gasteiger partial charge on any atom is 0.218 e. The van der Waals surface area contributed by atoms with E-state index in [9.17, 15) is 8.42 Å². The quantitative estimate of drug-likeness (QED) is 0.912. The SMILES string of the molecule is O=S(=O)(Cc1ccc(Oc2ccccc2)cc1)N1CCNCC1. The predicted molar refractivity (Wildman–Crippen MR) is 90.0 cm³/mol. The Morgan fingerprint density at radius 1 is 0.913 bits per heavy atom. The Morgan fingerprint density at radius 2 is 1.52 bits per heavy atom. The van der Waals surface area contributed by atoms with Crippen molar-refractivity contribution in [3.63, 3.8) is 0 Å². The number of ether oxygens (including phenoxy) is 1. The molecule has 2 aromatic carbocycles. The molecule has 0 bridgehead atoms. The maximum absolute atomic E-state index is 12.4. The van der Waals surface area contributed by atoms with E-state index in [0.717, 1.165) is 11.3 Å². The minimum Gasteiger partial charge on any atom is -0.457 e. The second-order valence-electron chi connectivity index (χ2n) is 5.46. The van der Waals surface area contributed by atoms with Gasteiger partial charge in [0, 0.05) is 26.2 Å². The summed E-state index contributed by atoms with van der Waals surface area (Å²) >= 11 is 0. The average Bonchev–Trinajstić information content (AvgIpc) is 2.58. The van der Waals surface area contributed by atoms with Gasteiger partial charge in [-0.15, -0.1) is 0 Å². The molecule has 0 atom stereocenters. The van der Waals surface area contributed by atoms with Crippen molar-refractivity contribution in [1.82, 2.24) is 9.62 Å². The van der Waals surface area contributed by atoms with Crippen molar-refractivity contribution < 1.29 is 13.2 Å². The molecule has 1 N–H and O–H groups in total. The molecule has 23 heavy (non-hydrogen) atoms. The van der Waals surface area contributed by atoms with E-state index in [1.807, 2.05) is 30.3 Å². The van der Waals surface area contributed by atoms with Gasteiger partial charge in [-0.05, 0) is 29.8 Å². The van der Waals surface area contributed by atoms with E-state index < -0.39 is 10.0 Å². The molecule has 1 fully saturated rings. The summed E-state index contributed by atoms with van der Waals surface area (Å²) in [4.78, 5) is 0. The van der Waals surface area contributed by atoms with Crippen molar-refractivity contribution in [2.45, 2.75) is 5.75 Å². The molecular weight excluding hydrogens is 312 g/mol. The van der Waals surface area contributed by atoms with Gasteiger partial charge in [-0.2, -0.15) is 4.31 Å². The number of piperazine rings is 1. The van der Waals surface area contributed by atoms with Crippen molar-refractivity contribution in [2.75, 3.05) is 26.2 Å². The molecule has 0 aliphatic carbocycles. The zero-order valence-corrected chi connectivity index (χ0v) is 13.6. The van der Waals surface area contributed by atoms with E-state index in [0.29, 0.717) is 31.9 Å². The first-order valence-corrected chi connectivity index (χ1v) is 9.25. The molecule has 0 aromatic heterocycles. The number of nitrogens with zero attached hydrogens (tertiary/aromatic N) is 1. The van der Waals surface area contributed by atoms with Crippen molar-refractivity contribution in [1.29, 1.82) is 0 Å². The molecule has 2 aromatic rings. The highest BCUT2D eigenvalue weighted by molar-refractivity contribution is 7.88. The molecule has 0 unspecified atom stereocenters.